The monoisotopic (exact) mass is 227 g/mol. The molecule has 2 unspecified atom stereocenters. The molecule has 0 radical (unpaired) electrons. The SMILES string of the molecule is COC(C(N)Cc1nnn(C)n1)C(C)(C)C. The van der Waals surface area contributed by atoms with E-state index >= 15 is 0 Å². The van der Waals surface area contributed by atoms with Crippen LogP contribution in [0.25, 0.3) is 0 Å². The lowest BCUT2D eigenvalue weighted by molar-refractivity contribution is -0.00206. The fourth-order valence-corrected chi connectivity index (χ4v) is 1.89. The van der Waals surface area contributed by atoms with Crippen molar-refractivity contribution in [2.75, 3.05) is 7.11 Å². The first-order valence-electron chi connectivity index (χ1n) is 5.36. The van der Waals surface area contributed by atoms with E-state index in [1.807, 2.05) is 0 Å². The molecule has 2 atom stereocenters. The Bertz CT molecular complexity index is 330. The van der Waals surface area contributed by atoms with Crippen molar-refractivity contribution in [1.29, 1.82) is 0 Å². The second-order valence-electron chi connectivity index (χ2n) is 5.09. The van der Waals surface area contributed by atoms with E-state index < -0.39 is 0 Å². The first kappa shape index (κ1) is 13.1. The largest absolute Gasteiger partial charge is 0.379 e. The lowest BCUT2D eigenvalue weighted by Gasteiger charge is -2.33. The van der Waals surface area contributed by atoms with Crippen LogP contribution in [-0.2, 0) is 18.2 Å². The molecule has 0 bridgehead atoms. The first-order chi connectivity index (χ1) is 7.34. The number of nitrogens with zero attached hydrogens (tertiary/aromatic N) is 4. The van der Waals surface area contributed by atoms with Crippen LogP contribution < -0.4 is 5.73 Å². The summed E-state index contributed by atoms with van der Waals surface area (Å²) in [6.45, 7) is 6.31. The van der Waals surface area contributed by atoms with Crippen molar-refractivity contribution in [3.05, 3.63) is 5.82 Å². The summed E-state index contributed by atoms with van der Waals surface area (Å²) in [4.78, 5) is 1.43. The molecular formula is C10H21N5O. The molecule has 92 valence electrons. The molecule has 0 amide bonds. The third kappa shape index (κ3) is 3.24. The van der Waals surface area contributed by atoms with E-state index in [0.29, 0.717) is 12.2 Å². The number of aryl methyl sites for hydroxylation is 1. The molecule has 1 aromatic heterocycles. The van der Waals surface area contributed by atoms with E-state index in [0.717, 1.165) is 0 Å². The van der Waals surface area contributed by atoms with Gasteiger partial charge in [0.05, 0.1) is 13.2 Å². The molecule has 1 rings (SSSR count). The minimum Gasteiger partial charge on any atom is -0.379 e. The molecule has 6 heteroatoms. The van der Waals surface area contributed by atoms with Gasteiger partial charge in [0.1, 0.15) is 0 Å². The molecule has 2 N–H and O–H groups in total. The summed E-state index contributed by atoms with van der Waals surface area (Å²) in [6, 6.07) is -0.130. The van der Waals surface area contributed by atoms with Crippen molar-refractivity contribution in [3.8, 4) is 0 Å². The topological polar surface area (TPSA) is 78.9 Å². The Morgan fingerprint density at radius 3 is 2.44 bits per heavy atom. The molecule has 0 spiro atoms. The second kappa shape index (κ2) is 4.88. The number of hydrogen-bond acceptors (Lipinski definition) is 5. The predicted octanol–water partition coefficient (Wildman–Crippen LogP) is 0.141. The Morgan fingerprint density at radius 1 is 1.44 bits per heavy atom. The maximum atomic E-state index is 6.11. The first-order valence-corrected chi connectivity index (χ1v) is 5.36. The smallest absolute Gasteiger partial charge is 0.176 e. The number of ether oxygens (including phenoxy) is 1. The van der Waals surface area contributed by atoms with Gasteiger partial charge in [0, 0.05) is 19.6 Å². The highest BCUT2D eigenvalue weighted by Crippen LogP contribution is 2.24. The van der Waals surface area contributed by atoms with Crippen molar-refractivity contribution in [2.24, 2.45) is 18.2 Å². The van der Waals surface area contributed by atoms with Crippen LogP contribution in [0.2, 0.25) is 0 Å². The van der Waals surface area contributed by atoms with E-state index in [2.05, 4.69) is 36.2 Å². The lowest BCUT2D eigenvalue weighted by Crippen LogP contribution is -2.46. The van der Waals surface area contributed by atoms with Gasteiger partial charge in [-0.15, -0.1) is 10.2 Å². The quantitative estimate of drug-likeness (QED) is 0.791. The summed E-state index contributed by atoms with van der Waals surface area (Å²) in [5.74, 6) is 0.654. The third-order valence-corrected chi connectivity index (χ3v) is 2.46. The normalized spacial score (nSPS) is 16.1. The van der Waals surface area contributed by atoms with Gasteiger partial charge in [0.2, 0.25) is 0 Å². The highest BCUT2D eigenvalue weighted by atomic mass is 16.5. The standard InChI is InChI=1S/C10H21N5O/c1-10(2,3)9(16-5)7(11)6-8-12-14-15(4)13-8/h7,9H,6,11H2,1-5H3. The average Bonchev–Trinajstić information content (AvgIpc) is 2.49. The zero-order chi connectivity index (χ0) is 12.3. The minimum absolute atomic E-state index is 0.00360. The molecule has 0 aliphatic rings. The fourth-order valence-electron chi connectivity index (χ4n) is 1.89. The molecule has 16 heavy (non-hydrogen) atoms. The van der Waals surface area contributed by atoms with Gasteiger partial charge >= 0.3 is 0 Å². The molecule has 0 saturated carbocycles. The van der Waals surface area contributed by atoms with Crippen molar-refractivity contribution in [2.45, 2.75) is 39.3 Å². The van der Waals surface area contributed by atoms with Gasteiger partial charge in [-0.1, -0.05) is 20.8 Å². The summed E-state index contributed by atoms with van der Waals surface area (Å²) in [5, 5.41) is 11.8. The van der Waals surface area contributed by atoms with Crippen molar-refractivity contribution >= 4 is 0 Å². The predicted molar refractivity (Wildman–Crippen MR) is 60.7 cm³/mol. The molecule has 1 heterocycles. The molecule has 0 saturated heterocycles. The van der Waals surface area contributed by atoms with Gasteiger partial charge in [-0.25, -0.2) is 0 Å². The van der Waals surface area contributed by atoms with Crippen LogP contribution in [-0.4, -0.2) is 39.5 Å². The van der Waals surface area contributed by atoms with Crippen LogP contribution in [0.1, 0.15) is 26.6 Å². The summed E-state index contributed by atoms with van der Waals surface area (Å²) in [5.41, 5.74) is 6.11. The van der Waals surface area contributed by atoms with E-state index in [1.165, 1.54) is 4.80 Å². The number of tetrazole rings is 1. The summed E-state index contributed by atoms with van der Waals surface area (Å²) in [7, 11) is 3.42. The number of rotatable bonds is 4. The Balaban J connectivity index is 2.66. The van der Waals surface area contributed by atoms with Gasteiger partial charge in [0.15, 0.2) is 5.82 Å². The van der Waals surface area contributed by atoms with Crippen molar-refractivity contribution in [3.63, 3.8) is 0 Å². The maximum Gasteiger partial charge on any atom is 0.176 e. The number of hydrogen-bond donors (Lipinski definition) is 1. The Labute approximate surface area is 96.2 Å². The highest BCUT2D eigenvalue weighted by Gasteiger charge is 2.30. The zero-order valence-electron chi connectivity index (χ0n) is 10.6. The molecule has 0 aromatic carbocycles. The zero-order valence-corrected chi connectivity index (χ0v) is 10.6. The molecule has 0 aliphatic carbocycles. The molecule has 0 aliphatic heterocycles. The van der Waals surface area contributed by atoms with Gasteiger partial charge < -0.3 is 10.5 Å². The highest BCUT2D eigenvalue weighted by molar-refractivity contribution is 4.91. The lowest BCUT2D eigenvalue weighted by atomic mass is 9.83. The van der Waals surface area contributed by atoms with Crippen LogP contribution in [0.15, 0.2) is 0 Å². The van der Waals surface area contributed by atoms with E-state index in [4.69, 9.17) is 10.5 Å². The number of aromatic nitrogens is 4. The third-order valence-electron chi connectivity index (χ3n) is 2.46. The van der Waals surface area contributed by atoms with Crippen LogP contribution in [0.3, 0.4) is 0 Å². The summed E-state index contributed by atoms with van der Waals surface area (Å²) < 4.78 is 5.45. The van der Waals surface area contributed by atoms with E-state index in [-0.39, 0.29) is 17.6 Å². The van der Waals surface area contributed by atoms with E-state index in [1.54, 1.807) is 14.2 Å². The number of nitrogens with two attached hydrogens (primary N) is 1. The van der Waals surface area contributed by atoms with Crippen LogP contribution >= 0.6 is 0 Å². The fraction of sp³-hybridized carbons (Fsp3) is 0.900. The summed E-state index contributed by atoms with van der Waals surface area (Å²) in [6.07, 6.45) is 0.542. The van der Waals surface area contributed by atoms with Gasteiger partial charge in [-0.3, -0.25) is 0 Å². The summed E-state index contributed by atoms with van der Waals surface area (Å²) >= 11 is 0. The Morgan fingerprint density at radius 2 is 2.06 bits per heavy atom. The van der Waals surface area contributed by atoms with Gasteiger partial charge in [-0.2, -0.15) is 4.80 Å². The Hall–Kier alpha value is -1.01. The van der Waals surface area contributed by atoms with Crippen molar-refractivity contribution < 1.29 is 4.74 Å². The molecular weight excluding hydrogens is 206 g/mol. The number of methoxy groups -OCH3 is 1. The second-order valence-corrected chi connectivity index (χ2v) is 5.09. The van der Waals surface area contributed by atoms with Crippen LogP contribution in [0.5, 0.6) is 0 Å². The van der Waals surface area contributed by atoms with Gasteiger partial charge in [0.25, 0.3) is 0 Å². The van der Waals surface area contributed by atoms with Crippen molar-refractivity contribution in [1.82, 2.24) is 20.2 Å². The van der Waals surface area contributed by atoms with Crippen LogP contribution in [0, 0.1) is 5.41 Å². The van der Waals surface area contributed by atoms with Crippen LogP contribution in [0.4, 0.5) is 0 Å². The Kier molecular flexibility index (Phi) is 3.98. The molecule has 1 aromatic rings. The van der Waals surface area contributed by atoms with E-state index in [9.17, 15) is 0 Å². The minimum atomic E-state index is -0.130. The molecule has 6 nitrogen and oxygen atoms in total. The maximum absolute atomic E-state index is 6.11. The molecule has 0 fully saturated rings. The average molecular weight is 227 g/mol. The van der Waals surface area contributed by atoms with Gasteiger partial charge in [-0.05, 0) is 10.6 Å².